The van der Waals surface area contributed by atoms with Crippen molar-refractivity contribution in [2.24, 2.45) is 0 Å². The summed E-state index contributed by atoms with van der Waals surface area (Å²) in [7, 11) is -3.03. The van der Waals surface area contributed by atoms with Crippen LogP contribution in [0, 0.1) is 10.1 Å². The number of rotatable bonds is 8. The number of ether oxygens (including phenoxy) is 1. The minimum Gasteiger partial charge on any atom is -0.449 e. The summed E-state index contributed by atoms with van der Waals surface area (Å²) in [6.45, 7) is 4.72. The normalized spacial score (nSPS) is 17.8. The predicted octanol–water partition coefficient (Wildman–Crippen LogP) is 5.51. The van der Waals surface area contributed by atoms with Gasteiger partial charge in [0.25, 0.3) is 0 Å². The highest BCUT2D eigenvalue weighted by atomic mass is 35.5. The average molecular weight is 458 g/mol. The first kappa shape index (κ1) is 20.6. The molecule has 2 heterocycles. The molecule has 154 valence electrons. The molecule has 4 rings (SSSR count). The van der Waals surface area contributed by atoms with E-state index in [1.165, 1.54) is 24.3 Å². The number of benzene rings is 2. The smallest absolute Gasteiger partial charge is 0.346 e. The van der Waals surface area contributed by atoms with Gasteiger partial charge in [-0.1, -0.05) is 23.2 Å². The summed E-state index contributed by atoms with van der Waals surface area (Å²) in [5.41, 5.74) is 0.395. The van der Waals surface area contributed by atoms with E-state index in [1.807, 2.05) is 9.34 Å². The van der Waals surface area contributed by atoms with Gasteiger partial charge in [-0.15, -0.1) is 0 Å². The third-order valence-corrected chi connectivity index (χ3v) is 7.97. The first-order valence-electron chi connectivity index (χ1n) is 8.98. The Hall–Kier alpha value is -1.67. The summed E-state index contributed by atoms with van der Waals surface area (Å²) in [6, 6.07) is 9.04. The lowest BCUT2D eigenvalue weighted by Crippen LogP contribution is -2.10. The Morgan fingerprint density at radius 1 is 1.07 bits per heavy atom. The number of nitrogens with zero attached hydrogens (tertiary/aromatic N) is 3. The van der Waals surface area contributed by atoms with E-state index in [0.717, 1.165) is 26.2 Å². The lowest BCUT2D eigenvalue weighted by molar-refractivity contribution is -0.385. The van der Waals surface area contributed by atoms with Gasteiger partial charge in [0.05, 0.1) is 16.0 Å². The Labute approximate surface area is 177 Å². The highest BCUT2D eigenvalue weighted by molar-refractivity contribution is 7.54. The minimum atomic E-state index is -3.03. The zero-order chi connectivity index (χ0) is 20.8. The molecule has 8 nitrogen and oxygen atoms in total. The average Bonchev–Trinajstić information content (AvgIpc) is 3.56. The zero-order valence-corrected chi connectivity index (χ0v) is 17.9. The summed E-state index contributed by atoms with van der Waals surface area (Å²) in [4.78, 5) is 10.9. The quantitative estimate of drug-likeness (QED) is 0.223. The van der Waals surface area contributed by atoms with Crippen LogP contribution in [0.3, 0.4) is 0 Å². The van der Waals surface area contributed by atoms with Crippen molar-refractivity contribution in [3.63, 3.8) is 0 Å². The van der Waals surface area contributed by atoms with Crippen LogP contribution in [-0.2, 0) is 9.09 Å². The van der Waals surface area contributed by atoms with Crippen LogP contribution >= 0.6 is 30.9 Å². The van der Waals surface area contributed by atoms with Gasteiger partial charge >= 0.3 is 13.4 Å². The summed E-state index contributed by atoms with van der Waals surface area (Å²) >= 11 is 12.0. The molecule has 0 N–H and O–H groups in total. The van der Waals surface area contributed by atoms with Gasteiger partial charge in [0, 0.05) is 37.3 Å². The van der Waals surface area contributed by atoms with E-state index < -0.39 is 18.7 Å². The molecule has 29 heavy (non-hydrogen) atoms. The lowest BCUT2D eigenvalue weighted by atomic mass is 10.1. The van der Waals surface area contributed by atoms with E-state index in [-0.39, 0.29) is 22.2 Å². The van der Waals surface area contributed by atoms with E-state index in [0.29, 0.717) is 10.6 Å². The molecule has 2 aliphatic heterocycles. The molecule has 0 saturated carbocycles. The van der Waals surface area contributed by atoms with Gasteiger partial charge in [0.1, 0.15) is 5.75 Å². The van der Waals surface area contributed by atoms with Crippen LogP contribution in [-0.4, -0.2) is 40.4 Å². The molecule has 0 radical (unpaired) electrons. The van der Waals surface area contributed by atoms with E-state index in [1.54, 1.807) is 19.1 Å². The highest BCUT2D eigenvalue weighted by Crippen LogP contribution is 2.63. The second kappa shape index (κ2) is 7.87. The molecule has 1 unspecified atom stereocenters. The van der Waals surface area contributed by atoms with Crippen molar-refractivity contribution in [3.8, 4) is 11.5 Å². The van der Waals surface area contributed by atoms with Gasteiger partial charge in [-0.2, -0.15) is 0 Å². The summed E-state index contributed by atoms with van der Waals surface area (Å²) in [5, 5.41) is 12.1. The third kappa shape index (κ3) is 4.43. The van der Waals surface area contributed by atoms with Crippen LogP contribution < -0.4 is 4.74 Å². The largest absolute Gasteiger partial charge is 0.449 e. The molecule has 11 heteroatoms. The fourth-order valence-electron chi connectivity index (χ4n) is 2.87. The van der Waals surface area contributed by atoms with Gasteiger partial charge in [-0.25, -0.2) is 9.34 Å². The van der Waals surface area contributed by atoms with E-state index >= 15 is 0 Å². The fraction of sp³-hybridized carbons (Fsp3) is 0.333. The molecule has 2 aromatic rings. The van der Waals surface area contributed by atoms with Crippen LogP contribution in [0.15, 0.2) is 36.4 Å². The Morgan fingerprint density at radius 2 is 1.72 bits per heavy atom. The molecule has 0 bridgehead atoms. The van der Waals surface area contributed by atoms with Crippen molar-refractivity contribution in [1.29, 1.82) is 0 Å². The number of nitro groups is 1. The van der Waals surface area contributed by atoms with Crippen molar-refractivity contribution >= 4 is 36.6 Å². The van der Waals surface area contributed by atoms with Gasteiger partial charge in [0.15, 0.2) is 0 Å². The summed E-state index contributed by atoms with van der Waals surface area (Å²) < 4.78 is 28.5. The van der Waals surface area contributed by atoms with Crippen LogP contribution in [0.1, 0.15) is 18.6 Å². The van der Waals surface area contributed by atoms with Gasteiger partial charge in [-0.05, 0) is 42.8 Å². The summed E-state index contributed by atoms with van der Waals surface area (Å²) in [5.74, 6) is 0.254. The SMILES string of the molecule is CC(OP(=O)(N1CC1)N1CC1)c1ccc([N+](=O)[O-])c(Oc2ccc(Cl)cc2Cl)c1. The molecular formula is C18H18Cl2N3O5P. The molecule has 2 aromatic carbocycles. The second-order valence-corrected chi connectivity index (χ2v) is 9.97. The molecule has 0 spiro atoms. The molecule has 0 aliphatic carbocycles. The van der Waals surface area contributed by atoms with Crippen LogP contribution in [0.5, 0.6) is 11.5 Å². The van der Waals surface area contributed by atoms with Crippen LogP contribution in [0.25, 0.3) is 0 Å². The molecule has 0 amide bonds. The van der Waals surface area contributed by atoms with E-state index in [4.69, 9.17) is 32.5 Å². The monoisotopic (exact) mass is 457 g/mol. The van der Waals surface area contributed by atoms with Gasteiger partial charge in [0.2, 0.25) is 5.75 Å². The topological polar surface area (TPSA) is 84.7 Å². The van der Waals surface area contributed by atoms with Crippen LogP contribution in [0.4, 0.5) is 5.69 Å². The maximum atomic E-state index is 13.2. The predicted molar refractivity (Wildman–Crippen MR) is 110 cm³/mol. The first-order chi connectivity index (χ1) is 13.8. The van der Waals surface area contributed by atoms with Crippen molar-refractivity contribution in [2.75, 3.05) is 26.2 Å². The van der Waals surface area contributed by atoms with Gasteiger partial charge in [-0.3, -0.25) is 19.2 Å². The molecule has 0 aromatic heterocycles. The molecule has 2 fully saturated rings. The molecule has 2 saturated heterocycles. The number of halogens is 2. The molecule has 2 aliphatic rings. The highest BCUT2D eigenvalue weighted by Gasteiger charge is 2.50. The number of nitro benzene ring substituents is 1. The number of hydrogen-bond acceptors (Lipinski definition) is 5. The second-order valence-electron chi connectivity index (χ2n) is 6.81. The van der Waals surface area contributed by atoms with Gasteiger partial charge < -0.3 is 4.74 Å². The Morgan fingerprint density at radius 3 is 2.28 bits per heavy atom. The third-order valence-electron chi connectivity index (χ3n) is 4.62. The fourth-order valence-corrected chi connectivity index (χ4v) is 5.66. The Bertz CT molecular complexity index is 997. The van der Waals surface area contributed by atoms with E-state index in [9.17, 15) is 14.7 Å². The standard InChI is InChI=1S/C18H18Cl2N3O5P/c1-12(28-29(26,21-6-7-21)22-8-9-22)13-2-4-16(23(24)25)18(10-13)27-17-5-3-14(19)11-15(17)20/h2-5,10-12H,6-9H2,1H3. The van der Waals surface area contributed by atoms with Crippen molar-refractivity contribution < 1.29 is 18.7 Å². The van der Waals surface area contributed by atoms with Crippen molar-refractivity contribution in [1.82, 2.24) is 9.34 Å². The zero-order valence-electron chi connectivity index (χ0n) is 15.5. The maximum Gasteiger partial charge on any atom is 0.346 e. The summed E-state index contributed by atoms with van der Waals surface area (Å²) in [6.07, 6.45) is -0.550. The van der Waals surface area contributed by atoms with Crippen molar-refractivity contribution in [2.45, 2.75) is 13.0 Å². The Balaban J connectivity index is 1.62. The number of hydrogen-bond donors (Lipinski definition) is 0. The van der Waals surface area contributed by atoms with Crippen molar-refractivity contribution in [3.05, 3.63) is 62.1 Å². The Kier molecular flexibility index (Phi) is 5.59. The van der Waals surface area contributed by atoms with Crippen LogP contribution in [0.2, 0.25) is 10.0 Å². The molecular weight excluding hydrogens is 440 g/mol. The van der Waals surface area contributed by atoms with E-state index in [2.05, 4.69) is 0 Å². The minimum absolute atomic E-state index is 0.0143. The maximum absolute atomic E-state index is 13.2. The first-order valence-corrected chi connectivity index (χ1v) is 11.3. The lowest BCUT2D eigenvalue weighted by Gasteiger charge is -2.24. The molecule has 1 atom stereocenters.